The van der Waals surface area contributed by atoms with E-state index in [1.807, 2.05) is 6.92 Å². The highest BCUT2D eigenvalue weighted by atomic mass is 16.3. The van der Waals surface area contributed by atoms with Gasteiger partial charge in [0.25, 0.3) is 5.56 Å². The summed E-state index contributed by atoms with van der Waals surface area (Å²) in [6, 6.07) is 3.33. The Balaban J connectivity index is 2.28. The molecule has 1 N–H and O–H groups in total. The normalized spacial score (nSPS) is 18.6. The first kappa shape index (κ1) is 8.51. The van der Waals surface area contributed by atoms with Crippen LogP contribution in [0.2, 0.25) is 0 Å². The van der Waals surface area contributed by atoms with Crippen molar-refractivity contribution in [2.45, 2.75) is 31.9 Å². The van der Waals surface area contributed by atoms with Crippen molar-refractivity contribution < 1.29 is 5.11 Å². The van der Waals surface area contributed by atoms with Crippen LogP contribution in [0, 0.1) is 6.92 Å². The van der Waals surface area contributed by atoms with Gasteiger partial charge in [-0.25, -0.2) is 0 Å². The zero-order chi connectivity index (χ0) is 9.47. The fraction of sp³-hybridized carbons (Fsp3) is 0.500. The third kappa shape index (κ3) is 1.80. The maximum atomic E-state index is 11.3. The molecule has 3 nitrogen and oxygen atoms in total. The first-order chi connectivity index (χ1) is 6.09. The van der Waals surface area contributed by atoms with Crippen molar-refractivity contribution in [3.05, 3.63) is 34.2 Å². The summed E-state index contributed by atoms with van der Waals surface area (Å²) in [7, 11) is 0. The second kappa shape index (κ2) is 2.70. The van der Waals surface area contributed by atoms with Crippen molar-refractivity contribution in [2.24, 2.45) is 0 Å². The molecule has 1 heterocycles. The first-order valence-corrected chi connectivity index (χ1v) is 4.49. The fourth-order valence-electron chi connectivity index (χ4n) is 1.39. The highest BCUT2D eigenvalue weighted by Gasteiger charge is 2.40. The van der Waals surface area contributed by atoms with E-state index >= 15 is 0 Å². The number of aromatic nitrogens is 1. The Bertz CT molecular complexity index is 377. The molecule has 2 rings (SSSR count). The lowest BCUT2D eigenvalue weighted by Gasteiger charge is -2.10. The average molecular weight is 179 g/mol. The van der Waals surface area contributed by atoms with Gasteiger partial charge in [-0.15, -0.1) is 0 Å². The van der Waals surface area contributed by atoms with Gasteiger partial charge in [0.15, 0.2) is 0 Å². The van der Waals surface area contributed by atoms with E-state index in [9.17, 15) is 9.90 Å². The monoisotopic (exact) mass is 179 g/mol. The fourth-order valence-corrected chi connectivity index (χ4v) is 1.39. The van der Waals surface area contributed by atoms with Crippen LogP contribution in [0.25, 0.3) is 0 Å². The molecule has 0 bridgehead atoms. The molecule has 13 heavy (non-hydrogen) atoms. The molecule has 0 saturated heterocycles. The van der Waals surface area contributed by atoms with E-state index in [0.29, 0.717) is 6.54 Å². The Labute approximate surface area is 76.6 Å². The standard InChI is InChI=1S/C10H13NO2/c1-8-2-3-9(12)11(6-8)7-10(13)4-5-10/h2-3,6,13H,4-5,7H2,1H3. The Kier molecular flexibility index (Phi) is 1.77. The Morgan fingerprint density at radius 1 is 1.54 bits per heavy atom. The second-order valence-corrected chi connectivity index (χ2v) is 3.90. The van der Waals surface area contributed by atoms with Crippen molar-refractivity contribution in [2.75, 3.05) is 0 Å². The third-order valence-corrected chi connectivity index (χ3v) is 2.42. The number of hydrogen-bond acceptors (Lipinski definition) is 2. The molecule has 1 fully saturated rings. The van der Waals surface area contributed by atoms with Crippen molar-refractivity contribution in [1.82, 2.24) is 4.57 Å². The SMILES string of the molecule is Cc1ccc(=O)n(CC2(O)CC2)c1. The quantitative estimate of drug-likeness (QED) is 0.725. The van der Waals surface area contributed by atoms with Gasteiger partial charge >= 0.3 is 0 Å². The summed E-state index contributed by atoms with van der Waals surface area (Å²) in [6.45, 7) is 2.38. The summed E-state index contributed by atoms with van der Waals surface area (Å²) in [4.78, 5) is 11.3. The molecule has 1 aromatic rings. The molecule has 0 atom stereocenters. The van der Waals surface area contributed by atoms with Crippen molar-refractivity contribution in [1.29, 1.82) is 0 Å². The van der Waals surface area contributed by atoms with E-state index in [0.717, 1.165) is 18.4 Å². The first-order valence-electron chi connectivity index (χ1n) is 4.49. The highest BCUT2D eigenvalue weighted by molar-refractivity contribution is 5.08. The van der Waals surface area contributed by atoms with Gasteiger partial charge in [0.2, 0.25) is 0 Å². The zero-order valence-electron chi connectivity index (χ0n) is 7.66. The zero-order valence-corrected chi connectivity index (χ0v) is 7.66. The predicted molar refractivity (Wildman–Crippen MR) is 49.6 cm³/mol. The minimum Gasteiger partial charge on any atom is -0.388 e. The van der Waals surface area contributed by atoms with Gasteiger partial charge < -0.3 is 9.67 Å². The largest absolute Gasteiger partial charge is 0.388 e. The topological polar surface area (TPSA) is 42.2 Å². The number of aryl methyl sites for hydroxylation is 1. The molecular weight excluding hydrogens is 166 g/mol. The highest BCUT2D eigenvalue weighted by Crippen LogP contribution is 2.36. The van der Waals surface area contributed by atoms with Crippen LogP contribution in [0.4, 0.5) is 0 Å². The van der Waals surface area contributed by atoms with Gasteiger partial charge in [0, 0.05) is 12.3 Å². The molecular formula is C10H13NO2. The number of pyridine rings is 1. The van der Waals surface area contributed by atoms with E-state index in [-0.39, 0.29) is 5.56 Å². The lowest BCUT2D eigenvalue weighted by atomic mass is 10.3. The van der Waals surface area contributed by atoms with Crippen LogP contribution in [0.1, 0.15) is 18.4 Å². The Morgan fingerprint density at radius 3 is 2.85 bits per heavy atom. The maximum Gasteiger partial charge on any atom is 0.250 e. The second-order valence-electron chi connectivity index (χ2n) is 3.90. The van der Waals surface area contributed by atoms with Crippen molar-refractivity contribution >= 4 is 0 Å². The van der Waals surface area contributed by atoms with Crippen LogP contribution < -0.4 is 5.56 Å². The molecule has 0 amide bonds. The number of aliphatic hydroxyl groups is 1. The molecule has 0 radical (unpaired) electrons. The predicted octanol–water partition coefficient (Wildman–Crippen LogP) is 0.682. The average Bonchev–Trinajstić information content (AvgIpc) is 2.76. The molecule has 0 aromatic carbocycles. The molecule has 1 aliphatic rings. The number of hydrogen-bond donors (Lipinski definition) is 1. The smallest absolute Gasteiger partial charge is 0.250 e. The van der Waals surface area contributed by atoms with E-state index in [2.05, 4.69) is 0 Å². The molecule has 1 saturated carbocycles. The van der Waals surface area contributed by atoms with E-state index < -0.39 is 5.60 Å². The summed E-state index contributed by atoms with van der Waals surface area (Å²) in [5.74, 6) is 0. The molecule has 1 aliphatic carbocycles. The van der Waals surface area contributed by atoms with Gasteiger partial charge in [-0.1, -0.05) is 6.07 Å². The molecule has 1 aromatic heterocycles. The summed E-state index contributed by atoms with van der Waals surface area (Å²) in [5.41, 5.74) is 0.409. The summed E-state index contributed by atoms with van der Waals surface area (Å²) < 4.78 is 1.59. The summed E-state index contributed by atoms with van der Waals surface area (Å²) >= 11 is 0. The summed E-state index contributed by atoms with van der Waals surface area (Å²) in [6.07, 6.45) is 3.42. The molecule has 0 spiro atoms. The molecule has 3 heteroatoms. The van der Waals surface area contributed by atoms with Gasteiger partial charge in [-0.2, -0.15) is 0 Å². The molecule has 0 aliphatic heterocycles. The minimum absolute atomic E-state index is 0.0362. The van der Waals surface area contributed by atoms with Gasteiger partial charge in [0.1, 0.15) is 0 Å². The van der Waals surface area contributed by atoms with Gasteiger partial charge in [-0.05, 0) is 25.3 Å². The molecule has 0 unspecified atom stereocenters. The van der Waals surface area contributed by atoms with Crippen LogP contribution in [0.3, 0.4) is 0 Å². The third-order valence-electron chi connectivity index (χ3n) is 2.42. The minimum atomic E-state index is -0.600. The lowest BCUT2D eigenvalue weighted by Crippen LogP contribution is -2.26. The van der Waals surface area contributed by atoms with Crippen LogP contribution in [0.15, 0.2) is 23.1 Å². The van der Waals surface area contributed by atoms with Crippen LogP contribution in [-0.4, -0.2) is 15.3 Å². The van der Waals surface area contributed by atoms with Gasteiger partial charge in [-0.3, -0.25) is 4.79 Å². The maximum absolute atomic E-state index is 11.3. The summed E-state index contributed by atoms with van der Waals surface area (Å²) in [5, 5.41) is 9.64. The van der Waals surface area contributed by atoms with Gasteiger partial charge in [0.05, 0.1) is 12.1 Å². The lowest BCUT2D eigenvalue weighted by molar-refractivity contribution is 0.128. The van der Waals surface area contributed by atoms with E-state index in [1.165, 1.54) is 0 Å². The Hall–Kier alpha value is -1.09. The molecule has 70 valence electrons. The van der Waals surface area contributed by atoms with E-state index in [4.69, 9.17) is 0 Å². The Morgan fingerprint density at radius 2 is 2.23 bits per heavy atom. The van der Waals surface area contributed by atoms with Crippen molar-refractivity contribution in [3.8, 4) is 0 Å². The van der Waals surface area contributed by atoms with Crippen LogP contribution >= 0.6 is 0 Å². The van der Waals surface area contributed by atoms with E-state index in [1.54, 1.807) is 22.9 Å². The van der Waals surface area contributed by atoms with Crippen LogP contribution in [-0.2, 0) is 6.54 Å². The van der Waals surface area contributed by atoms with Crippen LogP contribution in [0.5, 0.6) is 0 Å². The number of rotatable bonds is 2. The number of nitrogens with zero attached hydrogens (tertiary/aromatic N) is 1. The van der Waals surface area contributed by atoms with Crippen molar-refractivity contribution in [3.63, 3.8) is 0 Å².